The van der Waals surface area contributed by atoms with Crippen molar-refractivity contribution in [2.75, 3.05) is 23.0 Å². The van der Waals surface area contributed by atoms with Crippen LogP contribution in [0.2, 0.25) is 18.6 Å². The van der Waals surface area contributed by atoms with E-state index in [0.717, 1.165) is 33.5 Å². The Hall–Kier alpha value is -2.04. The molecule has 0 unspecified atom stereocenters. The van der Waals surface area contributed by atoms with Crippen molar-refractivity contribution in [1.82, 2.24) is 0 Å². The highest BCUT2D eigenvalue weighted by atomic mass is 79.9. The molecule has 2 amide bonds. The molecule has 3 aliphatic heterocycles. The summed E-state index contributed by atoms with van der Waals surface area (Å²) in [5.74, 6) is -0.261. The lowest BCUT2D eigenvalue weighted by Crippen LogP contribution is -2.46. The SMILES string of the molecule is C[C@H]1[C@H]([Si](C)(C)O)[C@@H](CCO)O[C@]12C(=O)N(Cc1ccc(N3CCC3=O)cc1)c1ccc(Br)cc12. The van der Waals surface area contributed by atoms with Gasteiger partial charge in [-0.25, -0.2) is 0 Å². The molecule has 0 radical (unpaired) electrons. The third-order valence-corrected chi connectivity index (χ3v) is 10.8. The largest absolute Gasteiger partial charge is 0.432 e. The van der Waals surface area contributed by atoms with Crippen LogP contribution in [0.15, 0.2) is 46.9 Å². The molecule has 2 aromatic carbocycles. The molecular weight excluding hydrogens is 528 g/mol. The predicted octanol–water partition coefficient (Wildman–Crippen LogP) is 3.91. The first-order chi connectivity index (χ1) is 16.6. The van der Waals surface area contributed by atoms with Crippen LogP contribution in [0.1, 0.15) is 30.9 Å². The lowest BCUT2D eigenvalue weighted by atomic mass is 9.82. The van der Waals surface area contributed by atoms with Crippen molar-refractivity contribution >= 4 is 47.4 Å². The molecular formula is C26H31BrN2O5Si. The summed E-state index contributed by atoms with van der Waals surface area (Å²) in [7, 11) is -2.71. The van der Waals surface area contributed by atoms with Crippen molar-refractivity contribution in [1.29, 1.82) is 0 Å². The average Bonchev–Trinajstić information content (AvgIpc) is 3.21. The molecule has 3 aliphatic rings. The Morgan fingerprint density at radius 1 is 1.17 bits per heavy atom. The van der Waals surface area contributed by atoms with Crippen LogP contribution in [-0.4, -0.2) is 49.3 Å². The molecule has 0 aliphatic carbocycles. The van der Waals surface area contributed by atoms with E-state index in [4.69, 9.17) is 4.74 Å². The number of ether oxygens (including phenoxy) is 1. The fourth-order valence-electron chi connectivity index (χ4n) is 6.16. The van der Waals surface area contributed by atoms with E-state index in [-0.39, 0.29) is 29.9 Å². The van der Waals surface area contributed by atoms with Crippen LogP contribution in [0.25, 0.3) is 0 Å². The van der Waals surface area contributed by atoms with Gasteiger partial charge in [0.2, 0.25) is 5.91 Å². The Bertz CT molecular complexity index is 1170. The number of nitrogens with zero attached hydrogens (tertiary/aromatic N) is 2. The molecule has 9 heteroatoms. The number of amides is 2. The molecule has 186 valence electrons. The second kappa shape index (κ2) is 8.81. The normalized spacial score (nSPS) is 28.1. The Morgan fingerprint density at radius 3 is 2.46 bits per heavy atom. The molecule has 0 bridgehead atoms. The van der Waals surface area contributed by atoms with Gasteiger partial charge in [0, 0.05) is 46.8 Å². The van der Waals surface area contributed by atoms with Crippen molar-refractivity contribution in [3.05, 3.63) is 58.1 Å². The number of aliphatic hydroxyl groups excluding tert-OH is 1. The van der Waals surface area contributed by atoms with Crippen molar-refractivity contribution in [2.45, 2.75) is 56.7 Å². The number of carbonyl (C=O) groups is 2. The van der Waals surface area contributed by atoms with Gasteiger partial charge in [0.1, 0.15) is 0 Å². The van der Waals surface area contributed by atoms with Crippen LogP contribution in [0, 0.1) is 5.92 Å². The Kier molecular flexibility index (Phi) is 6.20. The van der Waals surface area contributed by atoms with E-state index in [2.05, 4.69) is 15.9 Å². The van der Waals surface area contributed by atoms with Gasteiger partial charge in [-0.15, -0.1) is 0 Å². The monoisotopic (exact) mass is 558 g/mol. The first-order valence-electron chi connectivity index (χ1n) is 12.1. The summed E-state index contributed by atoms with van der Waals surface area (Å²) < 4.78 is 7.46. The van der Waals surface area contributed by atoms with Gasteiger partial charge in [-0.3, -0.25) is 9.59 Å². The van der Waals surface area contributed by atoms with Gasteiger partial charge >= 0.3 is 0 Å². The van der Waals surface area contributed by atoms with Crippen molar-refractivity contribution in [3.63, 3.8) is 0 Å². The van der Waals surface area contributed by atoms with Crippen LogP contribution >= 0.6 is 15.9 Å². The number of carbonyl (C=O) groups excluding carboxylic acids is 2. The topological polar surface area (TPSA) is 90.3 Å². The van der Waals surface area contributed by atoms with Crippen molar-refractivity contribution in [2.24, 2.45) is 5.92 Å². The maximum Gasteiger partial charge on any atom is 0.264 e. The summed E-state index contributed by atoms with van der Waals surface area (Å²) >= 11 is 3.56. The summed E-state index contributed by atoms with van der Waals surface area (Å²) in [5, 5.41) is 9.71. The second-order valence-electron chi connectivity index (χ2n) is 10.4. The number of aliphatic hydroxyl groups is 1. The minimum atomic E-state index is -2.71. The van der Waals surface area contributed by atoms with Gasteiger partial charge in [0.25, 0.3) is 5.91 Å². The number of hydrogen-bond donors (Lipinski definition) is 2. The molecule has 5 rings (SSSR count). The molecule has 0 saturated carbocycles. The maximum atomic E-state index is 14.2. The lowest BCUT2D eigenvalue weighted by molar-refractivity contribution is -0.146. The number of β-lactam (4-membered cyclic amide) rings is 1. The van der Waals surface area contributed by atoms with Crippen LogP contribution in [0.4, 0.5) is 11.4 Å². The summed E-state index contributed by atoms with van der Waals surface area (Å²) in [6.07, 6.45) is 0.564. The summed E-state index contributed by atoms with van der Waals surface area (Å²) in [5.41, 5.74) is 2.02. The van der Waals surface area contributed by atoms with Gasteiger partial charge in [-0.1, -0.05) is 35.0 Å². The molecule has 4 atom stereocenters. The Balaban J connectivity index is 1.52. The average molecular weight is 560 g/mol. The molecule has 1 spiro atoms. The van der Waals surface area contributed by atoms with E-state index in [1.165, 1.54) is 0 Å². The quantitative estimate of drug-likeness (QED) is 0.414. The predicted molar refractivity (Wildman–Crippen MR) is 140 cm³/mol. The zero-order valence-corrected chi connectivity index (χ0v) is 22.8. The highest BCUT2D eigenvalue weighted by Gasteiger charge is 2.66. The maximum absolute atomic E-state index is 14.2. The summed E-state index contributed by atoms with van der Waals surface area (Å²) in [6, 6.07) is 13.6. The van der Waals surface area contributed by atoms with E-state index in [1.807, 2.05) is 62.5 Å². The number of hydrogen-bond acceptors (Lipinski definition) is 5. The van der Waals surface area contributed by atoms with E-state index in [0.29, 0.717) is 19.4 Å². The lowest BCUT2D eigenvalue weighted by Gasteiger charge is -2.32. The van der Waals surface area contributed by atoms with Crippen LogP contribution in [0.5, 0.6) is 0 Å². The molecule has 2 aromatic rings. The smallest absolute Gasteiger partial charge is 0.264 e. The molecule has 0 aromatic heterocycles. The van der Waals surface area contributed by atoms with Crippen LogP contribution < -0.4 is 9.80 Å². The standard InChI is InChI=1S/C26H31BrN2O5Si/c1-16-24(35(2,3)33)22(11-13-30)34-26(16)20-14-18(27)6-9-21(20)29(25(26)32)15-17-4-7-19(8-5-17)28-12-10-23(28)31/h4-9,14,16,22,24,30,33H,10-13,15H2,1-3H3/t16-,22+,24-,26+/m0/s1. The van der Waals surface area contributed by atoms with Gasteiger partial charge in [0.15, 0.2) is 13.9 Å². The number of fused-ring (bicyclic) bond motifs is 2. The molecule has 2 saturated heterocycles. The number of halogens is 1. The van der Waals surface area contributed by atoms with Gasteiger partial charge in [0.05, 0.1) is 18.3 Å². The molecule has 3 heterocycles. The van der Waals surface area contributed by atoms with Crippen LogP contribution in [-0.2, 0) is 26.5 Å². The molecule has 7 nitrogen and oxygen atoms in total. The minimum absolute atomic E-state index is 0.0659. The van der Waals surface area contributed by atoms with Gasteiger partial charge < -0.3 is 24.4 Å². The van der Waals surface area contributed by atoms with E-state index in [1.54, 1.807) is 9.80 Å². The van der Waals surface area contributed by atoms with E-state index < -0.39 is 20.0 Å². The van der Waals surface area contributed by atoms with Crippen molar-refractivity contribution in [3.8, 4) is 0 Å². The summed E-state index contributed by atoms with van der Waals surface area (Å²) in [6.45, 7) is 6.80. The minimum Gasteiger partial charge on any atom is -0.432 e. The number of anilines is 2. The highest BCUT2D eigenvalue weighted by molar-refractivity contribution is 9.10. The van der Waals surface area contributed by atoms with Crippen molar-refractivity contribution < 1.29 is 24.2 Å². The van der Waals surface area contributed by atoms with E-state index in [9.17, 15) is 19.5 Å². The first kappa shape index (κ1) is 24.6. The molecule has 2 N–H and O–H groups in total. The molecule has 2 fully saturated rings. The van der Waals surface area contributed by atoms with E-state index >= 15 is 0 Å². The third kappa shape index (κ3) is 3.88. The first-order valence-corrected chi connectivity index (χ1v) is 15.9. The zero-order chi connectivity index (χ0) is 25.1. The highest BCUT2D eigenvalue weighted by Crippen LogP contribution is 2.60. The third-order valence-electron chi connectivity index (χ3n) is 7.80. The fourth-order valence-corrected chi connectivity index (χ4v) is 9.12. The fraction of sp³-hybridized carbons (Fsp3) is 0.462. The Labute approximate surface area is 214 Å². The Morgan fingerprint density at radius 2 is 1.89 bits per heavy atom. The zero-order valence-electron chi connectivity index (χ0n) is 20.2. The molecule has 35 heavy (non-hydrogen) atoms. The number of benzene rings is 2. The van der Waals surface area contributed by atoms with Crippen LogP contribution in [0.3, 0.4) is 0 Å². The summed E-state index contributed by atoms with van der Waals surface area (Å²) in [4.78, 5) is 40.7. The van der Waals surface area contributed by atoms with Gasteiger partial charge in [-0.05, 0) is 55.4 Å². The van der Waals surface area contributed by atoms with Gasteiger partial charge in [-0.2, -0.15) is 0 Å². The number of rotatable bonds is 6. The second-order valence-corrected chi connectivity index (χ2v) is 15.3.